The lowest BCUT2D eigenvalue weighted by molar-refractivity contribution is -0.118. The van der Waals surface area contributed by atoms with Crippen LogP contribution in [0.15, 0.2) is 22.8 Å². The van der Waals surface area contributed by atoms with Gasteiger partial charge in [-0.05, 0) is 32.1 Å². The standard InChI is InChI=1S/C12H19NO2/c1-3-11(14)6-4-8-13(2)10-12-7-5-9-15-12/h5,7,9H,3-4,6,8,10H2,1-2H3. The second-order valence-corrected chi connectivity index (χ2v) is 3.81. The van der Waals surface area contributed by atoms with Gasteiger partial charge in [0.15, 0.2) is 0 Å². The predicted octanol–water partition coefficient (Wildman–Crippen LogP) is 2.47. The average Bonchev–Trinajstić information content (AvgIpc) is 2.70. The third-order valence-electron chi connectivity index (χ3n) is 2.40. The van der Waals surface area contributed by atoms with Crippen molar-refractivity contribution in [1.29, 1.82) is 0 Å². The molecule has 0 aliphatic heterocycles. The van der Waals surface area contributed by atoms with Crippen molar-refractivity contribution in [3.63, 3.8) is 0 Å². The zero-order valence-corrected chi connectivity index (χ0v) is 9.53. The average molecular weight is 209 g/mol. The van der Waals surface area contributed by atoms with E-state index < -0.39 is 0 Å². The number of carbonyl (C=O) groups is 1. The van der Waals surface area contributed by atoms with Crippen molar-refractivity contribution in [3.05, 3.63) is 24.2 Å². The molecule has 0 radical (unpaired) electrons. The summed E-state index contributed by atoms with van der Waals surface area (Å²) in [7, 11) is 2.04. The second kappa shape index (κ2) is 6.40. The third-order valence-corrected chi connectivity index (χ3v) is 2.40. The maximum atomic E-state index is 11.1. The molecule has 0 aliphatic carbocycles. The van der Waals surface area contributed by atoms with E-state index in [0.29, 0.717) is 18.6 Å². The summed E-state index contributed by atoms with van der Waals surface area (Å²) in [6, 6.07) is 3.86. The van der Waals surface area contributed by atoms with Gasteiger partial charge < -0.3 is 4.42 Å². The number of carbonyl (C=O) groups excluding carboxylic acids is 1. The smallest absolute Gasteiger partial charge is 0.132 e. The molecule has 0 fully saturated rings. The van der Waals surface area contributed by atoms with Crippen molar-refractivity contribution in [2.24, 2.45) is 0 Å². The monoisotopic (exact) mass is 209 g/mol. The van der Waals surface area contributed by atoms with E-state index in [1.165, 1.54) is 0 Å². The first-order valence-corrected chi connectivity index (χ1v) is 5.45. The van der Waals surface area contributed by atoms with Crippen LogP contribution in [0.3, 0.4) is 0 Å². The molecule has 84 valence electrons. The molecule has 1 heterocycles. The number of nitrogens with zero attached hydrogens (tertiary/aromatic N) is 1. The molecule has 1 aromatic heterocycles. The predicted molar refractivity (Wildman–Crippen MR) is 59.6 cm³/mol. The highest BCUT2D eigenvalue weighted by atomic mass is 16.3. The molecule has 0 amide bonds. The third kappa shape index (κ3) is 4.79. The first-order chi connectivity index (χ1) is 7.22. The van der Waals surface area contributed by atoms with Crippen LogP contribution in [0.5, 0.6) is 0 Å². The topological polar surface area (TPSA) is 33.5 Å². The fourth-order valence-electron chi connectivity index (χ4n) is 1.47. The van der Waals surface area contributed by atoms with E-state index in [9.17, 15) is 4.79 Å². The molecule has 15 heavy (non-hydrogen) atoms. The van der Waals surface area contributed by atoms with Crippen LogP contribution in [-0.4, -0.2) is 24.3 Å². The summed E-state index contributed by atoms with van der Waals surface area (Å²) in [5.74, 6) is 1.32. The lowest BCUT2D eigenvalue weighted by Crippen LogP contribution is -2.19. The van der Waals surface area contributed by atoms with Crippen LogP contribution >= 0.6 is 0 Å². The Bertz CT molecular complexity index is 280. The maximum absolute atomic E-state index is 11.1. The highest BCUT2D eigenvalue weighted by Crippen LogP contribution is 2.05. The van der Waals surface area contributed by atoms with Crippen LogP contribution in [-0.2, 0) is 11.3 Å². The van der Waals surface area contributed by atoms with E-state index in [2.05, 4.69) is 4.90 Å². The quantitative estimate of drug-likeness (QED) is 0.691. The molecule has 3 nitrogen and oxygen atoms in total. The summed E-state index contributed by atoms with van der Waals surface area (Å²) in [6.07, 6.45) is 3.97. The van der Waals surface area contributed by atoms with E-state index in [-0.39, 0.29) is 0 Å². The zero-order valence-electron chi connectivity index (χ0n) is 9.53. The molecule has 0 bridgehead atoms. The van der Waals surface area contributed by atoms with Gasteiger partial charge in [0.1, 0.15) is 11.5 Å². The van der Waals surface area contributed by atoms with Crippen LogP contribution in [0.4, 0.5) is 0 Å². The highest BCUT2D eigenvalue weighted by molar-refractivity contribution is 5.77. The van der Waals surface area contributed by atoms with Gasteiger partial charge in [-0.25, -0.2) is 0 Å². The Morgan fingerprint density at radius 2 is 2.33 bits per heavy atom. The van der Waals surface area contributed by atoms with E-state index in [1.807, 2.05) is 26.1 Å². The summed E-state index contributed by atoms with van der Waals surface area (Å²) in [4.78, 5) is 13.2. The molecule has 0 unspecified atom stereocenters. The van der Waals surface area contributed by atoms with E-state index in [1.54, 1.807) is 6.26 Å². The SMILES string of the molecule is CCC(=O)CCCN(C)Cc1ccco1. The maximum Gasteiger partial charge on any atom is 0.132 e. The van der Waals surface area contributed by atoms with Gasteiger partial charge in [-0.3, -0.25) is 9.69 Å². The fourth-order valence-corrected chi connectivity index (χ4v) is 1.47. The second-order valence-electron chi connectivity index (χ2n) is 3.81. The van der Waals surface area contributed by atoms with Gasteiger partial charge >= 0.3 is 0 Å². The molecule has 0 N–H and O–H groups in total. The Kier molecular flexibility index (Phi) is 5.12. The van der Waals surface area contributed by atoms with Gasteiger partial charge in [0.05, 0.1) is 12.8 Å². The number of rotatable bonds is 7. The van der Waals surface area contributed by atoms with Crippen molar-refractivity contribution in [3.8, 4) is 0 Å². The molecular formula is C12H19NO2. The lowest BCUT2D eigenvalue weighted by atomic mass is 10.2. The first kappa shape index (κ1) is 12.0. The minimum Gasteiger partial charge on any atom is -0.468 e. The Morgan fingerprint density at radius 1 is 1.53 bits per heavy atom. The van der Waals surface area contributed by atoms with Crippen molar-refractivity contribution in [1.82, 2.24) is 4.90 Å². The molecular weight excluding hydrogens is 190 g/mol. The van der Waals surface area contributed by atoms with E-state index in [0.717, 1.165) is 25.3 Å². The van der Waals surface area contributed by atoms with Crippen molar-refractivity contribution in [2.75, 3.05) is 13.6 Å². The Hall–Kier alpha value is -1.09. The molecule has 3 heteroatoms. The first-order valence-electron chi connectivity index (χ1n) is 5.45. The van der Waals surface area contributed by atoms with Crippen molar-refractivity contribution < 1.29 is 9.21 Å². The summed E-state index contributed by atoms with van der Waals surface area (Å²) in [6.45, 7) is 3.66. The molecule has 0 saturated carbocycles. The molecule has 0 atom stereocenters. The zero-order chi connectivity index (χ0) is 11.1. The minimum absolute atomic E-state index is 0.349. The van der Waals surface area contributed by atoms with Gasteiger partial charge in [-0.1, -0.05) is 6.92 Å². The van der Waals surface area contributed by atoms with Gasteiger partial charge in [0.25, 0.3) is 0 Å². The highest BCUT2D eigenvalue weighted by Gasteiger charge is 2.03. The normalized spacial score (nSPS) is 10.9. The van der Waals surface area contributed by atoms with Crippen LogP contribution in [0.2, 0.25) is 0 Å². The summed E-state index contributed by atoms with van der Waals surface area (Å²) >= 11 is 0. The lowest BCUT2D eigenvalue weighted by Gasteiger charge is -2.14. The Balaban J connectivity index is 2.14. The molecule has 1 rings (SSSR count). The number of ketones is 1. The van der Waals surface area contributed by atoms with Crippen LogP contribution in [0.25, 0.3) is 0 Å². The minimum atomic E-state index is 0.349. The molecule has 0 aliphatic rings. The molecule has 1 aromatic rings. The van der Waals surface area contributed by atoms with E-state index in [4.69, 9.17) is 4.42 Å². The van der Waals surface area contributed by atoms with Gasteiger partial charge in [-0.2, -0.15) is 0 Å². The van der Waals surface area contributed by atoms with E-state index >= 15 is 0 Å². The summed E-state index contributed by atoms with van der Waals surface area (Å²) < 4.78 is 5.24. The van der Waals surface area contributed by atoms with Crippen molar-refractivity contribution in [2.45, 2.75) is 32.7 Å². The van der Waals surface area contributed by atoms with Crippen LogP contribution in [0.1, 0.15) is 31.9 Å². The Morgan fingerprint density at radius 3 is 2.93 bits per heavy atom. The molecule has 0 aromatic carbocycles. The number of hydrogen-bond donors (Lipinski definition) is 0. The van der Waals surface area contributed by atoms with Crippen molar-refractivity contribution >= 4 is 5.78 Å². The fraction of sp³-hybridized carbons (Fsp3) is 0.583. The molecule has 0 saturated heterocycles. The summed E-state index contributed by atoms with van der Waals surface area (Å²) in [5.41, 5.74) is 0. The Labute approximate surface area is 91.1 Å². The van der Waals surface area contributed by atoms with Gasteiger partial charge in [-0.15, -0.1) is 0 Å². The number of hydrogen-bond acceptors (Lipinski definition) is 3. The number of furan rings is 1. The summed E-state index contributed by atoms with van der Waals surface area (Å²) in [5, 5.41) is 0. The van der Waals surface area contributed by atoms with Gasteiger partial charge in [0, 0.05) is 12.8 Å². The van der Waals surface area contributed by atoms with Crippen LogP contribution in [0, 0.1) is 0 Å². The number of Topliss-reactive ketones (excluding diaryl/α,β-unsaturated/α-hetero) is 1. The van der Waals surface area contributed by atoms with Gasteiger partial charge in [0.2, 0.25) is 0 Å². The molecule has 0 spiro atoms. The largest absolute Gasteiger partial charge is 0.468 e. The van der Waals surface area contributed by atoms with Crippen LogP contribution < -0.4 is 0 Å².